The van der Waals surface area contributed by atoms with Gasteiger partial charge in [0.15, 0.2) is 5.92 Å². The fourth-order valence-corrected chi connectivity index (χ4v) is 6.21. The fraction of sp³-hybridized carbons (Fsp3) is 0.350. The zero-order chi connectivity index (χ0) is 35.5. The summed E-state index contributed by atoms with van der Waals surface area (Å²) in [7, 11) is 0. The minimum atomic E-state index is -1.28. The molecule has 4 aromatic rings. The van der Waals surface area contributed by atoms with E-state index in [1.54, 1.807) is 53.7 Å². The van der Waals surface area contributed by atoms with Crippen molar-refractivity contribution in [2.24, 2.45) is 5.92 Å². The number of alkyl carbamates (subject to hydrolysis) is 1. The number of benzene rings is 4. The first-order valence-electron chi connectivity index (χ1n) is 16.4. The molecule has 0 bridgehead atoms. The quantitative estimate of drug-likeness (QED) is 0.103. The van der Waals surface area contributed by atoms with Gasteiger partial charge in [0.05, 0.1) is 0 Å². The lowest BCUT2D eigenvalue weighted by Crippen LogP contribution is -2.43. The maximum Gasteiger partial charge on any atom is 0.407 e. The molecule has 0 fully saturated rings. The Morgan fingerprint density at radius 2 is 1.12 bits per heavy atom. The number of carbonyl (C=O) groups is 4. The van der Waals surface area contributed by atoms with Crippen molar-refractivity contribution in [3.8, 4) is 11.1 Å². The van der Waals surface area contributed by atoms with E-state index in [9.17, 15) is 24.3 Å². The van der Waals surface area contributed by atoms with Gasteiger partial charge in [-0.1, -0.05) is 84.9 Å². The van der Waals surface area contributed by atoms with Gasteiger partial charge in [-0.15, -0.1) is 0 Å². The lowest BCUT2D eigenvalue weighted by Gasteiger charge is -2.26. The number of carbonyl (C=O) groups excluding carboxylic acids is 3. The first kappa shape index (κ1) is 35.1. The normalized spacial score (nSPS) is 13.4. The van der Waals surface area contributed by atoms with Crippen molar-refractivity contribution in [3.63, 3.8) is 0 Å². The molecule has 1 aliphatic rings. The van der Waals surface area contributed by atoms with Crippen molar-refractivity contribution in [1.29, 1.82) is 0 Å². The number of esters is 2. The number of carboxylic acids is 1. The number of aliphatic carboxylic acids is 1. The average molecular weight is 666 g/mol. The van der Waals surface area contributed by atoms with Gasteiger partial charge in [0.2, 0.25) is 0 Å². The summed E-state index contributed by atoms with van der Waals surface area (Å²) >= 11 is 0. The Morgan fingerprint density at radius 1 is 0.673 bits per heavy atom. The summed E-state index contributed by atoms with van der Waals surface area (Å²) < 4.78 is 16.8. The third-order valence-electron chi connectivity index (χ3n) is 8.27. The Bertz CT molecular complexity index is 1810. The highest BCUT2D eigenvalue weighted by Crippen LogP contribution is 2.44. The predicted molar refractivity (Wildman–Crippen MR) is 186 cm³/mol. The molecular formula is C40H43NO8. The number of ether oxygens (including phenoxy) is 3. The number of hydrogen-bond donors (Lipinski definition) is 2. The standard InChI is InChI=1S/C40H43NO8/c1-39(2,3)48-36(44)32(37(45)49-40(4,5)6)21-24-19-20-25(27-14-8-7-13-26(24)27)22-34(35(42)43)41-38(46)47-23-33-30-17-11-9-15-28(30)29-16-10-12-18-31(29)33/h7-20,32-34H,21-23H2,1-6H3,(H,41,46)(H,42,43)/t34-/m0/s1. The van der Waals surface area contributed by atoms with Crippen LogP contribution in [0.2, 0.25) is 0 Å². The third-order valence-corrected chi connectivity index (χ3v) is 8.27. The van der Waals surface area contributed by atoms with Crippen LogP contribution in [0.5, 0.6) is 0 Å². The maximum atomic E-state index is 13.2. The van der Waals surface area contributed by atoms with Crippen LogP contribution < -0.4 is 5.32 Å². The molecule has 4 aromatic carbocycles. The summed E-state index contributed by atoms with van der Waals surface area (Å²) in [4.78, 5) is 51.9. The smallest absolute Gasteiger partial charge is 0.407 e. The Morgan fingerprint density at radius 3 is 1.59 bits per heavy atom. The molecule has 0 aliphatic heterocycles. The number of fused-ring (bicyclic) bond motifs is 4. The first-order valence-corrected chi connectivity index (χ1v) is 16.4. The highest BCUT2D eigenvalue weighted by Gasteiger charge is 2.36. The molecule has 5 rings (SSSR count). The van der Waals surface area contributed by atoms with Gasteiger partial charge in [-0.25, -0.2) is 9.59 Å². The van der Waals surface area contributed by atoms with Crippen molar-refractivity contribution in [3.05, 3.63) is 107 Å². The Kier molecular flexibility index (Phi) is 10.1. The van der Waals surface area contributed by atoms with Crippen LogP contribution in [0, 0.1) is 5.92 Å². The van der Waals surface area contributed by atoms with Gasteiger partial charge in [0.25, 0.3) is 0 Å². The highest BCUT2D eigenvalue weighted by atomic mass is 16.6. The van der Waals surface area contributed by atoms with Crippen LogP contribution in [-0.2, 0) is 41.4 Å². The molecule has 0 saturated heterocycles. The Labute approximate surface area is 286 Å². The number of rotatable bonds is 10. The zero-order valence-electron chi connectivity index (χ0n) is 28.7. The third kappa shape index (κ3) is 8.46. The topological polar surface area (TPSA) is 128 Å². The van der Waals surface area contributed by atoms with Crippen LogP contribution in [-0.4, -0.2) is 53.0 Å². The molecule has 256 valence electrons. The number of amides is 1. The van der Waals surface area contributed by atoms with Gasteiger partial charge in [-0.3, -0.25) is 9.59 Å². The van der Waals surface area contributed by atoms with Crippen LogP contribution >= 0.6 is 0 Å². The molecule has 0 spiro atoms. The van der Waals surface area contributed by atoms with Crippen molar-refractivity contribution in [1.82, 2.24) is 5.32 Å². The lowest BCUT2D eigenvalue weighted by molar-refractivity contribution is -0.174. The summed E-state index contributed by atoms with van der Waals surface area (Å²) in [5, 5.41) is 14.1. The second kappa shape index (κ2) is 14.1. The monoisotopic (exact) mass is 665 g/mol. The van der Waals surface area contributed by atoms with Gasteiger partial charge >= 0.3 is 24.0 Å². The maximum absolute atomic E-state index is 13.2. The van der Waals surface area contributed by atoms with Gasteiger partial charge in [-0.05, 0) is 92.1 Å². The number of nitrogens with one attached hydrogen (secondary N) is 1. The molecule has 1 amide bonds. The molecule has 0 saturated carbocycles. The van der Waals surface area contributed by atoms with Gasteiger partial charge in [-0.2, -0.15) is 0 Å². The molecule has 1 aliphatic carbocycles. The molecule has 0 heterocycles. The summed E-state index contributed by atoms with van der Waals surface area (Å²) in [5.41, 5.74) is 4.03. The molecule has 0 radical (unpaired) electrons. The second-order valence-corrected chi connectivity index (χ2v) is 14.3. The SMILES string of the molecule is CC(C)(C)OC(=O)C(Cc1ccc(C[C@H](NC(=O)OCC2c3ccccc3-c3ccccc32)C(=O)O)c2ccccc12)C(=O)OC(C)(C)C. The molecule has 0 aromatic heterocycles. The van der Waals surface area contributed by atoms with Gasteiger partial charge < -0.3 is 24.6 Å². The number of carboxylic acid groups (broad SMARTS) is 1. The minimum absolute atomic E-state index is 0.0188. The fourth-order valence-electron chi connectivity index (χ4n) is 6.21. The van der Waals surface area contributed by atoms with E-state index in [0.29, 0.717) is 11.1 Å². The van der Waals surface area contributed by atoms with E-state index in [2.05, 4.69) is 5.32 Å². The summed E-state index contributed by atoms with van der Waals surface area (Å²) in [6.07, 6.45) is -0.833. The molecule has 49 heavy (non-hydrogen) atoms. The highest BCUT2D eigenvalue weighted by molar-refractivity contribution is 5.97. The van der Waals surface area contributed by atoms with E-state index in [4.69, 9.17) is 14.2 Å². The van der Waals surface area contributed by atoms with Gasteiger partial charge in [0.1, 0.15) is 23.9 Å². The van der Waals surface area contributed by atoms with E-state index in [1.807, 2.05) is 72.8 Å². The van der Waals surface area contributed by atoms with E-state index < -0.39 is 47.2 Å². The molecule has 1 atom stereocenters. The van der Waals surface area contributed by atoms with Crippen molar-refractivity contribution in [2.75, 3.05) is 6.61 Å². The first-order chi connectivity index (χ1) is 23.1. The second-order valence-electron chi connectivity index (χ2n) is 14.3. The predicted octanol–water partition coefficient (Wildman–Crippen LogP) is 7.22. The molecule has 9 heteroatoms. The van der Waals surface area contributed by atoms with Crippen molar-refractivity contribution < 1.29 is 38.5 Å². The van der Waals surface area contributed by atoms with Gasteiger partial charge in [0, 0.05) is 12.3 Å². The Balaban J connectivity index is 1.33. The molecule has 2 N–H and O–H groups in total. The van der Waals surface area contributed by atoms with E-state index in [0.717, 1.165) is 33.0 Å². The Hall–Kier alpha value is -5.18. The van der Waals surface area contributed by atoms with E-state index in [1.165, 1.54) is 0 Å². The van der Waals surface area contributed by atoms with Crippen LogP contribution in [0.15, 0.2) is 84.9 Å². The van der Waals surface area contributed by atoms with Crippen LogP contribution in [0.4, 0.5) is 4.79 Å². The van der Waals surface area contributed by atoms with Crippen molar-refractivity contribution in [2.45, 2.75) is 77.5 Å². The minimum Gasteiger partial charge on any atom is -0.480 e. The largest absolute Gasteiger partial charge is 0.480 e. The summed E-state index contributed by atoms with van der Waals surface area (Å²) in [5.74, 6) is -3.96. The lowest BCUT2D eigenvalue weighted by atomic mass is 9.90. The molecule has 0 unspecified atom stereocenters. The van der Waals surface area contributed by atoms with E-state index in [-0.39, 0.29) is 25.4 Å². The average Bonchev–Trinajstić information content (AvgIpc) is 3.34. The summed E-state index contributed by atoms with van der Waals surface area (Å²) in [6, 6.07) is 25.5. The number of hydrogen-bond acceptors (Lipinski definition) is 7. The molecular weight excluding hydrogens is 622 g/mol. The van der Waals surface area contributed by atoms with Crippen LogP contribution in [0.25, 0.3) is 21.9 Å². The zero-order valence-corrected chi connectivity index (χ0v) is 28.7. The summed E-state index contributed by atoms with van der Waals surface area (Å²) in [6.45, 7) is 10.5. The van der Waals surface area contributed by atoms with Crippen molar-refractivity contribution >= 4 is 34.8 Å². The van der Waals surface area contributed by atoms with E-state index >= 15 is 0 Å². The molecule has 9 nitrogen and oxygen atoms in total. The van der Waals surface area contributed by atoms with Crippen LogP contribution in [0.3, 0.4) is 0 Å². The van der Waals surface area contributed by atoms with Crippen LogP contribution in [0.1, 0.15) is 69.7 Å².